The number of nitrogens with zero attached hydrogens (tertiary/aromatic N) is 1. The van der Waals surface area contributed by atoms with Crippen LogP contribution < -0.4 is 0 Å². The number of hydrogen-bond donors (Lipinski definition) is 0. The Hall–Kier alpha value is -0.710. The molecule has 90 valence electrons. The number of benzene rings is 1. The smallest absolute Gasteiger partial charge is 0.0825 e. The minimum atomic E-state index is -0.369. The van der Waals surface area contributed by atoms with Crippen LogP contribution in [-0.2, 0) is 5.41 Å². The fraction of sp³-hybridized carbons (Fsp3) is 0.500. The van der Waals surface area contributed by atoms with Crippen LogP contribution in [0.2, 0.25) is 10.0 Å². The summed E-state index contributed by atoms with van der Waals surface area (Å²) < 4.78 is 0. The molecule has 0 spiro atoms. The lowest BCUT2D eigenvalue weighted by molar-refractivity contribution is 0.287. The molecule has 2 rings (SSSR count). The van der Waals surface area contributed by atoms with Crippen LogP contribution in [0.25, 0.3) is 0 Å². The normalized spacial score (nSPS) is 28.7. The lowest BCUT2D eigenvalue weighted by Gasteiger charge is -2.34. The van der Waals surface area contributed by atoms with E-state index in [0.29, 0.717) is 16.0 Å². The first-order chi connectivity index (χ1) is 8.07. The maximum atomic E-state index is 9.55. The highest BCUT2D eigenvalue weighted by Crippen LogP contribution is 2.42. The summed E-state index contributed by atoms with van der Waals surface area (Å²) in [4.78, 5) is 0. The van der Waals surface area contributed by atoms with E-state index < -0.39 is 0 Å². The third-order valence-electron chi connectivity index (χ3n) is 3.68. The van der Waals surface area contributed by atoms with Crippen molar-refractivity contribution in [2.75, 3.05) is 0 Å². The van der Waals surface area contributed by atoms with Crippen molar-refractivity contribution in [2.24, 2.45) is 5.92 Å². The van der Waals surface area contributed by atoms with E-state index in [0.717, 1.165) is 24.8 Å². The molecule has 0 radical (unpaired) electrons. The minimum Gasteiger partial charge on any atom is -0.197 e. The molecular formula is C14H15Cl2N. The van der Waals surface area contributed by atoms with Gasteiger partial charge in [0.25, 0.3) is 0 Å². The Morgan fingerprint density at radius 2 is 2.12 bits per heavy atom. The third-order valence-corrected chi connectivity index (χ3v) is 4.42. The lowest BCUT2D eigenvalue weighted by Crippen LogP contribution is -2.30. The van der Waals surface area contributed by atoms with E-state index in [-0.39, 0.29) is 5.41 Å². The molecule has 17 heavy (non-hydrogen) atoms. The van der Waals surface area contributed by atoms with Gasteiger partial charge in [-0.1, -0.05) is 49.0 Å². The summed E-state index contributed by atoms with van der Waals surface area (Å²) in [5.41, 5.74) is 0.646. The van der Waals surface area contributed by atoms with Crippen molar-refractivity contribution in [1.29, 1.82) is 5.26 Å². The van der Waals surface area contributed by atoms with Crippen LogP contribution in [0.5, 0.6) is 0 Å². The monoisotopic (exact) mass is 267 g/mol. The van der Waals surface area contributed by atoms with Gasteiger partial charge in [-0.05, 0) is 36.5 Å². The van der Waals surface area contributed by atoms with Crippen molar-refractivity contribution in [3.05, 3.63) is 33.8 Å². The first kappa shape index (κ1) is 12.7. The molecule has 0 unspecified atom stereocenters. The van der Waals surface area contributed by atoms with Gasteiger partial charge in [0.1, 0.15) is 0 Å². The van der Waals surface area contributed by atoms with Gasteiger partial charge in [0.2, 0.25) is 0 Å². The highest BCUT2D eigenvalue weighted by atomic mass is 35.5. The molecule has 1 aliphatic carbocycles. The van der Waals surface area contributed by atoms with Gasteiger partial charge in [-0.25, -0.2) is 0 Å². The van der Waals surface area contributed by atoms with Gasteiger partial charge >= 0.3 is 0 Å². The van der Waals surface area contributed by atoms with E-state index in [4.69, 9.17) is 23.2 Å². The molecule has 1 fully saturated rings. The number of nitriles is 1. The van der Waals surface area contributed by atoms with Gasteiger partial charge < -0.3 is 0 Å². The van der Waals surface area contributed by atoms with Crippen molar-refractivity contribution in [3.63, 3.8) is 0 Å². The Morgan fingerprint density at radius 1 is 1.35 bits per heavy atom. The van der Waals surface area contributed by atoms with Gasteiger partial charge in [0, 0.05) is 0 Å². The van der Waals surface area contributed by atoms with E-state index in [9.17, 15) is 5.26 Å². The van der Waals surface area contributed by atoms with Crippen LogP contribution in [0.3, 0.4) is 0 Å². The largest absolute Gasteiger partial charge is 0.197 e. The fourth-order valence-corrected chi connectivity index (χ4v) is 3.07. The van der Waals surface area contributed by atoms with Crippen LogP contribution in [0.15, 0.2) is 18.2 Å². The second-order valence-corrected chi connectivity index (χ2v) is 5.84. The third kappa shape index (κ3) is 2.44. The summed E-state index contributed by atoms with van der Waals surface area (Å²) >= 11 is 12.0. The summed E-state index contributed by atoms with van der Waals surface area (Å²) in [6.45, 7) is 2.21. The molecule has 0 aromatic heterocycles. The molecule has 1 aliphatic rings. The zero-order valence-electron chi connectivity index (χ0n) is 9.84. The molecule has 1 saturated carbocycles. The average molecular weight is 268 g/mol. The topological polar surface area (TPSA) is 23.8 Å². The first-order valence-electron chi connectivity index (χ1n) is 5.94. The van der Waals surface area contributed by atoms with Crippen molar-refractivity contribution < 1.29 is 0 Å². The molecule has 3 heteroatoms. The van der Waals surface area contributed by atoms with Crippen molar-refractivity contribution in [2.45, 2.75) is 38.0 Å². The van der Waals surface area contributed by atoms with Gasteiger partial charge in [-0.3, -0.25) is 0 Å². The SMILES string of the molecule is C[C@H]1CCC[C@@](C#N)(c2ccc(Cl)c(Cl)c2)C1. The molecule has 0 amide bonds. The van der Waals surface area contributed by atoms with Crippen LogP contribution in [0.4, 0.5) is 0 Å². The first-order valence-corrected chi connectivity index (χ1v) is 6.70. The molecule has 2 atom stereocenters. The van der Waals surface area contributed by atoms with E-state index in [1.165, 1.54) is 6.42 Å². The number of hydrogen-bond acceptors (Lipinski definition) is 1. The Balaban J connectivity index is 2.41. The Labute approximate surface area is 112 Å². The predicted octanol–water partition coefficient (Wildman–Crippen LogP) is 4.96. The van der Waals surface area contributed by atoms with Gasteiger partial charge in [0.15, 0.2) is 0 Å². The average Bonchev–Trinajstić information content (AvgIpc) is 2.32. The molecule has 1 nitrogen and oxygen atoms in total. The highest BCUT2D eigenvalue weighted by molar-refractivity contribution is 6.42. The predicted molar refractivity (Wildman–Crippen MR) is 71.4 cm³/mol. The molecule has 0 bridgehead atoms. The molecule has 0 heterocycles. The molecule has 0 aliphatic heterocycles. The van der Waals surface area contributed by atoms with Crippen molar-refractivity contribution in [3.8, 4) is 6.07 Å². The summed E-state index contributed by atoms with van der Waals surface area (Å²) in [5, 5.41) is 10.6. The summed E-state index contributed by atoms with van der Waals surface area (Å²) in [5.74, 6) is 0.595. The zero-order chi connectivity index (χ0) is 12.5. The van der Waals surface area contributed by atoms with E-state index >= 15 is 0 Å². The maximum absolute atomic E-state index is 9.55. The van der Waals surface area contributed by atoms with E-state index in [1.807, 2.05) is 12.1 Å². The Kier molecular flexibility index (Phi) is 3.66. The lowest BCUT2D eigenvalue weighted by atomic mass is 9.67. The van der Waals surface area contributed by atoms with Crippen molar-refractivity contribution >= 4 is 23.2 Å². The zero-order valence-corrected chi connectivity index (χ0v) is 11.4. The quantitative estimate of drug-likeness (QED) is 0.705. The van der Waals surface area contributed by atoms with Gasteiger partial charge in [-0.15, -0.1) is 0 Å². The van der Waals surface area contributed by atoms with Crippen LogP contribution in [0.1, 0.15) is 38.2 Å². The van der Waals surface area contributed by atoms with Crippen LogP contribution >= 0.6 is 23.2 Å². The summed E-state index contributed by atoms with van der Waals surface area (Å²) in [6.07, 6.45) is 4.16. The second-order valence-electron chi connectivity index (χ2n) is 5.02. The molecule has 0 N–H and O–H groups in total. The van der Waals surface area contributed by atoms with Crippen LogP contribution in [0, 0.1) is 17.2 Å². The number of rotatable bonds is 1. The van der Waals surface area contributed by atoms with Crippen molar-refractivity contribution in [1.82, 2.24) is 0 Å². The minimum absolute atomic E-state index is 0.369. The second kappa shape index (κ2) is 4.88. The Morgan fingerprint density at radius 3 is 2.71 bits per heavy atom. The molecular weight excluding hydrogens is 253 g/mol. The highest BCUT2D eigenvalue weighted by Gasteiger charge is 2.37. The Bertz CT molecular complexity index is 464. The standard InChI is InChI=1S/C14H15Cl2N/c1-10-3-2-6-14(8-10,9-17)11-4-5-12(15)13(16)7-11/h4-5,7,10H,2-3,6,8H2,1H3/t10-,14+/m0/s1. The van der Waals surface area contributed by atoms with Gasteiger partial charge in [-0.2, -0.15) is 5.26 Å². The fourth-order valence-electron chi connectivity index (χ4n) is 2.77. The van der Waals surface area contributed by atoms with E-state index in [1.54, 1.807) is 6.07 Å². The summed E-state index contributed by atoms with van der Waals surface area (Å²) in [6, 6.07) is 8.09. The molecule has 0 saturated heterocycles. The number of halogens is 2. The van der Waals surface area contributed by atoms with E-state index in [2.05, 4.69) is 13.0 Å². The maximum Gasteiger partial charge on any atom is 0.0825 e. The molecule has 1 aromatic carbocycles. The summed E-state index contributed by atoms with van der Waals surface area (Å²) in [7, 11) is 0. The van der Waals surface area contributed by atoms with Crippen LogP contribution in [-0.4, -0.2) is 0 Å². The molecule has 1 aromatic rings. The van der Waals surface area contributed by atoms with Gasteiger partial charge in [0.05, 0.1) is 21.5 Å².